The third-order valence-electron chi connectivity index (χ3n) is 3.34. The summed E-state index contributed by atoms with van der Waals surface area (Å²) in [5.74, 6) is 0.157. The third kappa shape index (κ3) is 2.10. The van der Waals surface area contributed by atoms with E-state index in [0.717, 1.165) is 13.1 Å². The third-order valence-corrected chi connectivity index (χ3v) is 5.06. The molecule has 0 unspecified atom stereocenters. The molecule has 2 atom stereocenters. The number of aliphatic hydroxyl groups is 1. The van der Waals surface area contributed by atoms with Gasteiger partial charge >= 0.3 is 0 Å². The second kappa shape index (κ2) is 3.79. The van der Waals surface area contributed by atoms with Gasteiger partial charge in [-0.3, -0.25) is 0 Å². The van der Waals surface area contributed by atoms with E-state index < -0.39 is 15.9 Å². The fourth-order valence-corrected chi connectivity index (χ4v) is 4.49. The minimum atomic E-state index is -2.96. The van der Waals surface area contributed by atoms with E-state index >= 15 is 0 Å². The molecule has 0 spiro atoms. The molecule has 5 heteroatoms. The molecule has 0 aliphatic carbocycles. The lowest BCUT2D eigenvalue weighted by molar-refractivity contribution is -0.929. The lowest BCUT2D eigenvalue weighted by Gasteiger charge is -2.29. The van der Waals surface area contributed by atoms with Crippen molar-refractivity contribution in [1.82, 2.24) is 0 Å². The highest BCUT2D eigenvalue weighted by Gasteiger charge is 2.43. The quantitative estimate of drug-likeness (QED) is 0.549. The Morgan fingerprint density at radius 2 is 1.71 bits per heavy atom. The molecule has 2 saturated heterocycles. The van der Waals surface area contributed by atoms with Gasteiger partial charge in [-0.1, -0.05) is 0 Å². The predicted molar refractivity (Wildman–Crippen MR) is 53.0 cm³/mol. The zero-order valence-electron chi connectivity index (χ0n) is 8.28. The highest BCUT2D eigenvalue weighted by atomic mass is 32.2. The smallest absolute Gasteiger partial charge is 0.159 e. The minimum absolute atomic E-state index is 0.0266. The van der Waals surface area contributed by atoms with E-state index in [1.54, 1.807) is 0 Å². The van der Waals surface area contributed by atoms with Crippen LogP contribution < -0.4 is 4.90 Å². The van der Waals surface area contributed by atoms with Crippen molar-refractivity contribution < 1.29 is 18.4 Å². The van der Waals surface area contributed by atoms with Gasteiger partial charge in [0.25, 0.3) is 0 Å². The van der Waals surface area contributed by atoms with E-state index in [1.165, 1.54) is 24.2 Å². The van der Waals surface area contributed by atoms with Crippen LogP contribution in [0.25, 0.3) is 0 Å². The fourth-order valence-electron chi connectivity index (χ4n) is 2.60. The molecular formula is C9H18NO3S+. The molecule has 2 aliphatic heterocycles. The molecule has 14 heavy (non-hydrogen) atoms. The first-order valence-corrected chi connectivity index (χ1v) is 7.14. The molecule has 2 fully saturated rings. The molecule has 0 amide bonds. The summed E-state index contributed by atoms with van der Waals surface area (Å²) in [5, 5.41) is 9.68. The summed E-state index contributed by atoms with van der Waals surface area (Å²) in [6.45, 7) is 2.05. The predicted octanol–water partition coefficient (Wildman–Crippen LogP) is -1.79. The molecular weight excluding hydrogens is 202 g/mol. The van der Waals surface area contributed by atoms with E-state index in [1.807, 2.05) is 0 Å². The average molecular weight is 220 g/mol. The summed E-state index contributed by atoms with van der Waals surface area (Å²) < 4.78 is 22.6. The van der Waals surface area contributed by atoms with E-state index in [2.05, 4.69) is 0 Å². The first kappa shape index (κ1) is 10.4. The summed E-state index contributed by atoms with van der Waals surface area (Å²) in [6, 6.07) is -0.0553. The minimum Gasteiger partial charge on any atom is -0.386 e. The molecule has 82 valence electrons. The van der Waals surface area contributed by atoms with Gasteiger partial charge in [0.1, 0.15) is 17.9 Å². The Labute approximate surface area is 84.8 Å². The standard InChI is InChI=1S/C9H17NO3S/c11-9-7-14(12,13)6-8(9)10-4-2-1-3-5-10/h8-9,11H,1-7H2/p+1/t8-,9+/m1/s1. The average Bonchev–Trinajstić information content (AvgIpc) is 2.41. The van der Waals surface area contributed by atoms with Crippen molar-refractivity contribution in [3.8, 4) is 0 Å². The molecule has 2 heterocycles. The maximum atomic E-state index is 11.3. The van der Waals surface area contributed by atoms with Crippen molar-refractivity contribution in [1.29, 1.82) is 0 Å². The largest absolute Gasteiger partial charge is 0.386 e. The Balaban J connectivity index is 2.04. The van der Waals surface area contributed by atoms with Crippen LogP contribution in [0, 0.1) is 0 Å². The second-order valence-corrected chi connectivity index (χ2v) is 6.62. The van der Waals surface area contributed by atoms with Crippen molar-refractivity contribution in [3.05, 3.63) is 0 Å². The van der Waals surface area contributed by atoms with E-state index in [9.17, 15) is 13.5 Å². The molecule has 0 saturated carbocycles. The van der Waals surface area contributed by atoms with Crippen LogP contribution in [0.2, 0.25) is 0 Å². The normalized spacial score (nSPS) is 38.6. The van der Waals surface area contributed by atoms with Crippen molar-refractivity contribution >= 4 is 9.84 Å². The summed E-state index contributed by atoms with van der Waals surface area (Å²) in [4.78, 5) is 1.30. The molecule has 0 bridgehead atoms. The zero-order valence-corrected chi connectivity index (χ0v) is 9.09. The van der Waals surface area contributed by atoms with Crippen molar-refractivity contribution in [2.45, 2.75) is 31.4 Å². The van der Waals surface area contributed by atoms with Gasteiger partial charge < -0.3 is 10.0 Å². The molecule has 0 aromatic carbocycles. The van der Waals surface area contributed by atoms with E-state index in [-0.39, 0.29) is 17.5 Å². The van der Waals surface area contributed by atoms with E-state index in [0.29, 0.717) is 0 Å². The van der Waals surface area contributed by atoms with Gasteiger partial charge in [0.2, 0.25) is 0 Å². The Hall–Kier alpha value is -0.130. The number of sulfone groups is 1. The molecule has 2 rings (SSSR count). The Morgan fingerprint density at radius 3 is 2.21 bits per heavy atom. The second-order valence-electron chi connectivity index (χ2n) is 4.47. The van der Waals surface area contributed by atoms with Gasteiger partial charge in [0.05, 0.1) is 18.8 Å². The van der Waals surface area contributed by atoms with Gasteiger partial charge in [-0.15, -0.1) is 0 Å². The number of hydrogen-bond acceptors (Lipinski definition) is 3. The van der Waals surface area contributed by atoms with Crippen molar-refractivity contribution in [3.63, 3.8) is 0 Å². The lowest BCUT2D eigenvalue weighted by atomic mass is 10.1. The number of likely N-dealkylation sites (tertiary alicyclic amines) is 1. The van der Waals surface area contributed by atoms with Gasteiger partial charge in [-0.2, -0.15) is 0 Å². The van der Waals surface area contributed by atoms with E-state index in [4.69, 9.17) is 0 Å². The number of rotatable bonds is 1. The zero-order chi connectivity index (χ0) is 10.2. The molecule has 0 aromatic rings. The monoisotopic (exact) mass is 220 g/mol. The first-order chi connectivity index (χ1) is 6.58. The van der Waals surface area contributed by atoms with Crippen LogP contribution >= 0.6 is 0 Å². The van der Waals surface area contributed by atoms with Gasteiger partial charge in [0, 0.05) is 0 Å². The topological polar surface area (TPSA) is 58.8 Å². The molecule has 0 radical (unpaired) electrons. The summed E-state index contributed by atoms with van der Waals surface area (Å²) in [7, 11) is -2.96. The van der Waals surface area contributed by atoms with Gasteiger partial charge in [-0.05, 0) is 19.3 Å². The number of aliphatic hydroxyl groups excluding tert-OH is 1. The Morgan fingerprint density at radius 1 is 1.07 bits per heavy atom. The van der Waals surface area contributed by atoms with Gasteiger partial charge in [0.15, 0.2) is 9.84 Å². The lowest BCUT2D eigenvalue weighted by Crippen LogP contribution is -3.18. The summed E-state index contributed by atoms with van der Waals surface area (Å²) in [6.07, 6.45) is 2.95. The summed E-state index contributed by atoms with van der Waals surface area (Å²) >= 11 is 0. The van der Waals surface area contributed by atoms with Crippen molar-refractivity contribution in [2.75, 3.05) is 24.6 Å². The van der Waals surface area contributed by atoms with Crippen LogP contribution in [0.1, 0.15) is 19.3 Å². The molecule has 4 nitrogen and oxygen atoms in total. The Bertz CT molecular complexity index is 295. The van der Waals surface area contributed by atoms with Crippen LogP contribution in [0.3, 0.4) is 0 Å². The highest BCUT2D eigenvalue weighted by molar-refractivity contribution is 7.91. The Kier molecular flexibility index (Phi) is 2.81. The first-order valence-electron chi connectivity index (χ1n) is 5.31. The van der Waals surface area contributed by atoms with Crippen LogP contribution in [0.15, 0.2) is 0 Å². The highest BCUT2D eigenvalue weighted by Crippen LogP contribution is 2.11. The number of hydrogen-bond donors (Lipinski definition) is 2. The molecule has 2 N–H and O–H groups in total. The number of piperidine rings is 1. The summed E-state index contributed by atoms with van der Waals surface area (Å²) in [5.41, 5.74) is 0. The van der Waals surface area contributed by atoms with Crippen LogP contribution in [0.5, 0.6) is 0 Å². The SMILES string of the molecule is O=S1(=O)C[C@@H]([NH+]2CCCCC2)[C@@H](O)C1. The molecule has 0 aromatic heterocycles. The van der Waals surface area contributed by atoms with Crippen LogP contribution in [-0.4, -0.2) is 50.3 Å². The maximum absolute atomic E-state index is 11.3. The maximum Gasteiger partial charge on any atom is 0.159 e. The van der Waals surface area contributed by atoms with Crippen LogP contribution in [-0.2, 0) is 9.84 Å². The number of quaternary nitrogens is 1. The van der Waals surface area contributed by atoms with Crippen molar-refractivity contribution in [2.24, 2.45) is 0 Å². The fraction of sp³-hybridized carbons (Fsp3) is 1.00. The molecule has 2 aliphatic rings. The van der Waals surface area contributed by atoms with Gasteiger partial charge in [-0.25, -0.2) is 8.42 Å². The number of nitrogens with one attached hydrogen (secondary N) is 1. The van der Waals surface area contributed by atoms with Crippen LogP contribution in [0.4, 0.5) is 0 Å².